The molecule has 4 aromatic rings. The van der Waals surface area contributed by atoms with Crippen molar-refractivity contribution < 1.29 is 0 Å². The number of hydrogen-bond donors (Lipinski definition) is 1. The van der Waals surface area contributed by atoms with Crippen LogP contribution < -0.4 is 5.32 Å². The highest BCUT2D eigenvalue weighted by Gasteiger charge is 2.09. The van der Waals surface area contributed by atoms with E-state index in [4.69, 9.17) is 16.6 Å². The molecule has 0 bridgehead atoms. The summed E-state index contributed by atoms with van der Waals surface area (Å²) in [4.78, 5) is 9.08. The van der Waals surface area contributed by atoms with Crippen LogP contribution in [0, 0.1) is 6.92 Å². The third kappa shape index (κ3) is 3.57. The highest BCUT2D eigenvalue weighted by Crippen LogP contribution is 2.31. The van der Waals surface area contributed by atoms with Crippen LogP contribution in [0.25, 0.3) is 21.7 Å². The van der Waals surface area contributed by atoms with Gasteiger partial charge in [-0.05, 0) is 42.8 Å². The summed E-state index contributed by atoms with van der Waals surface area (Å²) in [5.41, 5.74) is 3.05. The maximum Gasteiger partial charge on any atom is 0.139 e. The molecule has 0 amide bonds. The van der Waals surface area contributed by atoms with Crippen molar-refractivity contribution in [2.45, 2.75) is 20.8 Å². The Labute approximate surface area is 152 Å². The van der Waals surface area contributed by atoms with Crippen LogP contribution >= 0.6 is 11.6 Å². The van der Waals surface area contributed by atoms with E-state index in [2.05, 4.69) is 35.4 Å². The monoisotopic (exact) mass is 349 g/mol. The minimum atomic E-state index is 0.692. The van der Waals surface area contributed by atoms with Gasteiger partial charge in [0.2, 0.25) is 0 Å². The molecule has 3 nitrogen and oxygen atoms in total. The summed E-state index contributed by atoms with van der Waals surface area (Å²) in [5.74, 6) is 0.808. The number of nitrogens with zero attached hydrogens (tertiary/aromatic N) is 2. The quantitative estimate of drug-likeness (QED) is 0.419. The van der Waals surface area contributed by atoms with Crippen molar-refractivity contribution in [3.8, 4) is 0 Å². The second kappa shape index (κ2) is 7.49. The lowest BCUT2D eigenvalue weighted by Gasteiger charge is -2.12. The van der Waals surface area contributed by atoms with Crippen LogP contribution in [0.4, 0.5) is 11.5 Å². The van der Waals surface area contributed by atoms with Gasteiger partial charge in [0.05, 0.1) is 5.52 Å². The number of fused-ring (bicyclic) bond motifs is 3. The van der Waals surface area contributed by atoms with Gasteiger partial charge in [-0.25, -0.2) is 4.98 Å². The molecule has 0 atom stereocenters. The number of rotatable bonds is 2. The summed E-state index contributed by atoms with van der Waals surface area (Å²) in [6, 6.07) is 15.9. The average molecular weight is 350 g/mol. The predicted octanol–water partition coefficient (Wildman–Crippen LogP) is 6.51. The van der Waals surface area contributed by atoms with Gasteiger partial charge in [0.1, 0.15) is 5.82 Å². The molecule has 0 aliphatic carbocycles. The predicted molar refractivity (Wildman–Crippen MR) is 108 cm³/mol. The summed E-state index contributed by atoms with van der Waals surface area (Å²) >= 11 is 6.07. The van der Waals surface area contributed by atoms with E-state index in [1.807, 2.05) is 50.4 Å². The first-order valence-corrected chi connectivity index (χ1v) is 8.75. The Morgan fingerprint density at radius 2 is 1.76 bits per heavy atom. The zero-order chi connectivity index (χ0) is 17.8. The number of hydrogen-bond acceptors (Lipinski definition) is 3. The lowest BCUT2D eigenvalue weighted by Crippen LogP contribution is -1.96. The molecule has 0 fully saturated rings. The second-order valence-corrected chi connectivity index (χ2v) is 5.97. The Kier molecular flexibility index (Phi) is 5.15. The molecule has 2 aromatic carbocycles. The molecule has 4 rings (SSSR count). The number of nitrogens with one attached hydrogen (secondary N) is 1. The maximum absolute atomic E-state index is 6.07. The Morgan fingerprint density at radius 3 is 2.56 bits per heavy atom. The van der Waals surface area contributed by atoms with Gasteiger partial charge in [0.25, 0.3) is 0 Å². The Hall–Kier alpha value is -2.65. The zero-order valence-electron chi connectivity index (χ0n) is 14.5. The molecule has 0 spiro atoms. The lowest BCUT2D eigenvalue weighted by molar-refractivity contribution is 1.34. The summed E-state index contributed by atoms with van der Waals surface area (Å²) < 4.78 is 0. The van der Waals surface area contributed by atoms with Crippen molar-refractivity contribution in [3.05, 3.63) is 71.5 Å². The number of pyridine rings is 2. The van der Waals surface area contributed by atoms with Crippen molar-refractivity contribution in [1.82, 2.24) is 9.97 Å². The maximum atomic E-state index is 6.07. The molecule has 25 heavy (non-hydrogen) atoms. The summed E-state index contributed by atoms with van der Waals surface area (Å²) in [6.07, 6.45) is 3.67. The Morgan fingerprint density at radius 1 is 0.920 bits per heavy atom. The lowest BCUT2D eigenvalue weighted by atomic mass is 10.1. The van der Waals surface area contributed by atoms with Crippen LogP contribution in [-0.4, -0.2) is 9.97 Å². The van der Waals surface area contributed by atoms with Crippen molar-refractivity contribution in [3.63, 3.8) is 0 Å². The van der Waals surface area contributed by atoms with Crippen molar-refractivity contribution in [2.75, 3.05) is 5.32 Å². The smallest absolute Gasteiger partial charge is 0.139 e. The van der Waals surface area contributed by atoms with E-state index >= 15 is 0 Å². The van der Waals surface area contributed by atoms with Crippen LogP contribution in [-0.2, 0) is 0 Å². The van der Waals surface area contributed by atoms with Gasteiger partial charge >= 0.3 is 0 Å². The molecule has 2 heterocycles. The average Bonchev–Trinajstić information content (AvgIpc) is 2.63. The van der Waals surface area contributed by atoms with Gasteiger partial charge in [0, 0.05) is 39.3 Å². The number of anilines is 2. The fourth-order valence-electron chi connectivity index (χ4n) is 2.76. The first-order valence-electron chi connectivity index (χ1n) is 8.37. The minimum absolute atomic E-state index is 0.692. The Bertz CT molecular complexity index is 1030. The van der Waals surface area contributed by atoms with Gasteiger partial charge in [-0.2, -0.15) is 0 Å². The van der Waals surface area contributed by atoms with E-state index in [-0.39, 0.29) is 0 Å². The van der Waals surface area contributed by atoms with E-state index in [0.717, 1.165) is 33.2 Å². The van der Waals surface area contributed by atoms with Crippen LogP contribution in [0.2, 0.25) is 5.02 Å². The van der Waals surface area contributed by atoms with Gasteiger partial charge in [-0.3, -0.25) is 4.98 Å². The zero-order valence-corrected chi connectivity index (χ0v) is 15.3. The normalized spacial score (nSPS) is 10.4. The highest BCUT2D eigenvalue weighted by atomic mass is 35.5. The van der Waals surface area contributed by atoms with Crippen molar-refractivity contribution in [1.29, 1.82) is 0 Å². The molecule has 0 saturated heterocycles. The van der Waals surface area contributed by atoms with E-state index < -0.39 is 0 Å². The van der Waals surface area contributed by atoms with E-state index in [1.165, 1.54) is 5.56 Å². The van der Waals surface area contributed by atoms with Crippen molar-refractivity contribution >= 4 is 44.8 Å². The second-order valence-electron chi connectivity index (χ2n) is 5.54. The molecule has 0 aliphatic heterocycles. The molecule has 4 heteroatoms. The van der Waals surface area contributed by atoms with Gasteiger partial charge in [0.15, 0.2) is 0 Å². The van der Waals surface area contributed by atoms with Crippen LogP contribution in [0.15, 0.2) is 60.9 Å². The molecule has 0 radical (unpaired) electrons. The van der Waals surface area contributed by atoms with E-state index in [0.29, 0.717) is 5.02 Å². The van der Waals surface area contributed by atoms with Gasteiger partial charge in [-0.1, -0.05) is 43.6 Å². The van der Waals surface area contributed by atoms with Gasteiger partial charge < -0.3 is 5.32 Å². The first kappa shape index (κ1) is 17.2. The first-order chi connectivity index (χ1) is 12.2. The summed E-state index contributed by atoms with van der Waals surface area (Å²) in [7, 11) is 0. The molecule has 0 unspecified atom stereocenters. The number of aromatic nitrogens is 2. The third-order valence-electron chi connectivity index (χ3n) is 3.84. The fraction of sp³-hybridized carbons (Fsp3) is 0.143. The minimum Gasteiger partial charge on any atom is -0.340 e. The van der Waals surface area contributed by atoms with Crippen LogP contribution in [0.5, 0.6) is 0 Å². The van der Waals surface area contributed by atoms with Crippen molar-refractivity contribution in [2.24, 2.45) is 0 Å². The molecule has 0 aliphatic rings. The van der Waals surface area contributed by atoms with E-state index in [1.54, 1.807) is 6.20 Å². The van der Waals surface area contributed by atoms with Crippen LogP contribution in [0.3, 0.4) is 0 Å². The number of halogens is 1. The molecule has 0 saturated carbocycles. The van der Waals surface area contributed by atoms with Crippen LogP contribution in [0.1, 0.15) is 19.4 Å². The van der Waals surface area contributed by atoms with Gasteiger partial charge in [-0.15, -0.1) is 0 Å². The standard InChI is InChI=1S/C19H14ClN3.C2H6/c1-12-5-6-15-17-11-21-8-7-16(17)19(23-18(15)9-12)22-14-4-2-3-13(20)10-14;1-2/h2-11H,1H3,(H,22,23);1-2H3. The SMILES string of the molecule is CC.Cc1ccc2c(c1)nc(Nc1cccc(Cl)c1)c1ccncc12. The Balaban J connectivity index is 0.000000880. The number of benzene rings is 2. The molecular formula is C21H20ClN3. The molecule has 1 N–H and O–H groups in total. The highest BCUT2D eigenvalue weighted by molar-refractivity contribution is 6.30. The third-order valence-corrected chi connectivity index (χ3v) is 4.07. The molecule has 2 aromatic heterocycles. The fourth-order valence-corrected chi connectivity index (χ4v) is 2.95. The summed E-state index contributed by atoms with van der Waals surface area (Å²) in [6.45, 7) is 6.07. The topological polar surface area (TPSA) is 37.8 Å². The summed E-state index contributed by atoms with van der Waals surface area (Å²) in [5, 5.41) is 7.30. The number of aryl methyl sites for hydroxylation is 1. The van der Waals surface area contributed by atoms with E-state index in [9.17, 15) is 0 Å². The molecular weight excluding hydrogens is 330 g/mol. The largest absolute Gasteiger partial charge is 0.340 e. The molecule has 126 valence electrons.